The third kappa shape index (κ3) is 3.85. The first-order valence-corrected chi connectivity index (χ1v) is 9.53. The van der Waals surface area contributed by atoms with Gasteiger partial charge in [0.25, 0.3) is 0 Å². The van der Waals surface area contributed by atoms with Crippen LogP contribution in [0, 0.1) is 0 Å². The number of thioether (sulfide) groups is 1. The second-order valence-electron chi connectivity index (χ2n) is 5.57. The maximum Gasteiger partial charge on any atom is 0.411 e. The van der Waals surface area contributed by atoms with Crippen molar-refractivity contribution in [3.05, 3.63) is 48.2 Å². The van der Waals surface area contributed by atoms with Gasteiger partial charge in [-0.3, -0.25) is 10.1 Å². The van der Waals surface area contributed by atoms with E-state index < -0.39 is 6.09 Å². The van der Waals surface area contributed by atoms with Gasteiger partial charge in [-0.1, -0.05) is 18.2 Å². The van der Waals surface area contributed by atoms with Crippen LogP contribution in [0.3, 0.4) is 0 Å². The molecule has 1 aromatic rings. The topological polar surface area (TPSA) is 58.6 Å². The monoisotopic (exact) mass is 378 g/mol. The number of benzene rings is 1. The molecule has 7 heteroatoms. The summed E-state index contributed by atoms with van der Waals surface area (Å²) in [4.78, 5) is 27.2. The van der Waals surface area contributed by atoms with Crippen molar-refractivity contribution in [3.63, 3.8) is 0 Å². The lowest BCUT2D eigenvalue weighted by Crippen LogP contribution is -2.48. The molecule has 1 N–H and O–H groups in total. The van der Waals surface area contributed by atoms with Crippen LogP contribution in [0.5, 0.6) is 0 Å². The van der Waals surface area contributed by atoms with E-state index >= 15 is 0 Å². The number of amides is 2. The predicted octanol–water partition coefficient (Wildman–Crippen LogP) is 3.69. The van der Waals surface area contributed by atoms with Crippen LogP contribution in [0.2, 0.25) is 0 Å². The number of carbonyl (C=O) groups is 2. The molecule has 0 bridgehead atoms. The van der Waals surface area contributed by atoms with Gasteiger partial charge in [-0.05, 0) is 31.2 Å². The van der Waals surface area contributed by atoms with Gasteiger partial charge in [0.2, 0.25) is 5.91 Å². The molecule has 0 aromatic heterocycles. The standard InChI is InChI=1S/C18H19ClN2O3S/c1-2-24-18(23)20-12-7-8-16-14(11-12)21(17(22)9-10-19)13-5-3-4-6-15(13)25-16/h3-8,11,14,16H,2,9-10H2,1H3,(H,20,23)/t14-,16-/m1/s1. The van der Waals surface area contributed by atoms with E-state index in [0.717, 1.165) is 10.6 Å². The van der Waals surface area contributed by atoms with Crippen molar-refractivity contribution in [1.29, 1.82) is 0 Å². The first-order chi connectivity index (χ1) is 12.1. The van der Waals surface area contributed by atoms with Crippen LogP contribution >= 0.6 is 23.4 Å². The molecule has 0 spiro atoms. The Hall–Kier alpha value is -1.92. The smallest absolute Gasteiger partial charge is 0.411 e. The van der Waals surface area contributed by atoms with E-state index in [1.54, 1.807) is 23.6 Å². The quantitative estimate of drug-likeness (QED) is 0.812. The number of para-hydroxylation sites is 1. The van der Waals surface area contributed by atoms with Crippen LogP contribution in [-0.4, -0.2) is 35.8 Å². The highest BCUT2D eigenvalue weighted by atomic mass is 35.5. The Morgan fingerprint density at radius 2 is 2.16 bits per heavy atom. The number of alkyl carbamates (subject to hydrolysis) is 1. The lowest BCUT2D eigenvalue weighted by molar-refractivity contribution is -0.118. The fraction of sp³-hybridized carbons (Fsp3) is 0.333. The Morgan fingerprint density at radius 3 is 2.92 bits per heavy atom. The second-order valence-corrected chi connectivity index (χ2v) is 7.17. The molecule has 1 heterocycles. The molecule has 0 saturated heterocycles. The zero-order valence-corrected chi connectivity index (χ0v) is 15.3. The van der Waals surface area contributed by atoms with Gasteiger partial charge in [-0.15, -0.1) is 23.4 Å². The molecule has 2 atom stereocenters. The number of fused-ring (bicyclic) bond motifs is 2. The van der Waals surface area contributed by atoms with Crippen LogP contribution in [-0.2, 0) is 9.53 Å². The van der Waals surface area contributed by atoms with Crippen LogP contribution in [0.15, 0.2) is 53.1 Å². The third-order valence-electron chi connectivity index (χ3n) is 3.94. The Kier molecular flexibility index (Phi) is 5.71. The third-order valence-corrected chi connectivity index (χ3v) is 5.43. The molecule has 2 amide bonds. The Balaban J connectivity index is 1.92. The summed E-state index contributed by atoms with van der Waals surface area (Å²) in [5.74, 6) is 0.245. The van der Waals surface area contributed by atoms with Crippen molar-refractivity contribution in [3.8, 4) is 0 Å². The normalized spacial score (nSPS) is 21.0. The van der Waals surface area contributed by atoms with E-state index in [1.165, 1.54) is 0 Å². The molecule has 1 aromatic carbocycles. The molecule has 1 aliphatic carbocycles. The second kappa shape index (κ2) is 7.97. The van der Waals surface area contributed by atoms with Crippen LogP contribution in [0.25, 0.3) is 0 Å². The number of nitrogens with zero attached hydrogens (tertiary/aromatic N) is 1. The number of anilines is 1. The molecule has 0 unspecified atom stereocenters. The van der Waals surface area contributed by atoms with Crippen molar-refractivity contribution in [2.24, 2.45) is 0 Å². The highest BCUT2D eigenvalue weighted by Crippen LogP contribution is 2.44. The van der Waals surface area contributed by atoms with Gasteiger partial charge < -0.3 is 9.64 Å². The maximum atomic E-state index is 12.7. The minimum Gasteiger partial charge on any atom is -0.450 e. The molecular formula is C18H19ClN2O3S. The number of hydrogen-bond acceptors (Lipinski definition) is 4. The van der Waals surface area contributed by atoms with Gasteiger partial charge >= 0.3 is 6.09 Å². The van der Waals surface area contributed by atoms with Crippen LogP contribution < -0.4 is 10.2 Å². The van der Waals surface area contributed by atoms with E-state index in [-0.39, 0.29) is 29.5 Å². The lowest BCUT2D eigenvalue weighted by atomic mass is 10.0. The summed E-state index contributed by atoms with van der Waals surface area (Å²) in [5, 5.41) is 2.79. The van der Waals surface area contributed by atoms with E-state index in [2.05, 4.69) is 5.32 Å². The zero-order chi connectivity index (χ0) is 17.8. The van der Waals surface area contributed by atoms with Crippen molar-refractivity contribution < 1.29 is 14.3 Å². The lowest BCUT2D eigenvalue weighted by Gasteiger charge is -2.41. The van der Waals surface area contributed by atoms with Crippen LogP contribution in [0.4, 0.5) is 10.5 Å². The van der Waals surface area contributed by atoms with Gasteiger partial charge in [0, 0.05) is 22.9 Å². The summed E-state index contributed by atoms with van der Waals surface area (Å²) in [5.41, 5.74) is 1.51. The first kappa shape index (κ1) is 17.9. The number of hydrogen-bond donors (Lipinski definition) is 1. The minimum absolute atomic E-state index is 0.0280. The average molecular weight is 379 g/mol. The molecule has 3 rings (SSSR count). The number of nitrogens with one attached hydrogen (secondary N) is 1. The summed E-state index contributed by atoms with van der Waals surface area (Å²) in [6.45, 7) is 2.06. The molecule has 2 aliphatic rings. The van der Waals surface area contributed by atoms with E-state index in [4.69, 9.17) is 16.3 Å². The molecule has 5 nitrogen and oxygen atoms in total. The SMILES string of the molecule is CCOC(=O)NC1=C[C@@H]2[C@@H](C=C1)Sc1ccccc1N2C(=O)CCCl. The highest BCUT2D eigenvalue weighted by molar-refractivity contribution is 8.00. The Morgan fingerprint density at radius 1 is 1.36 bits per heavy atom. The number of allylic oxidation sites excluding steroid dienone is 1. The summed E-state index contributed by atoms with van der Waals surface area (Å²) >= 11 is 7.50. The number of rotatable bonds is 4. The average Bonchev–Trinajstić information content (AvgIpc) is 2.60. The van der Waals surface area contributed by atoms with Crippen molar-refractivity contribution in [2.45, 2.75) is 29.5 Å². The summed E-state index contributed by atoms with van der Waals surface area (Å²) in [6, 6.07) is 7.65. The Bertz CT molecular complexity index is 735. The number of halogens is 1. The summed E-state index contributed by atoms with van der Waals surface area (Å²) in [6.07, 6.45) is 5.52. The van der Waals surface area contributed by atoms with Gasteiger partial charge in [-0.2, -0.15) is 0 Å². The summed E-state index contributed by atoms with van der Waals surface area (Å²) in [7, 11) is 0. The number of alkyl halides is 1. The Labute approximate surface area is 156 Å². The molecule has 0 fully saturated rings. The zero-order valence-electron chi connectivity index (χ0n) is 13.8. The fourth-order valence-corrected chi connectivity index (χ4v) is 4.31. The molecule has 0 radical (unpaired) electrons. The summed E-state index contributed by atoms with van der Waals surface area (Å²) < 4.78 is 4.92. The number of carbonyl (C=O) groups excluding carboxylic acids is 2. The molecule has 25 heavy (non-hydrogen) atoms. The van der Waals surface area contributed by atoms with Gasteiger partial charge in [0.1, 0.15) is 0 Å². The number of ether oxygens (including phenoxy) is 1. The molecule has 0 saturated carbocycles. The molecule has 1 aliphatic heterocycles. The fourth-order valence-electron chi connectivity index (χ4n) is 2.91. The van der Waals surface area contributed by atoms with E-state index in [9.17, 15) is 9.59 Å². The first-order valence-electron chi connectivity index (χ1n) is 8.11. The maximum absolute atomic E-state index is 12.7. The molecular weight excluding hydrogens is 360 g/mol. The van der Waals surface area contributed by atoms with Gasteiger partial charge in [0.15, 0.2) is 0 Å². The molecule has 132 valence electrons. The van der Waals surface area contributed by atoms with E-state index in [1.807, 2.05) is 42.5 Å². The van der Waals surface area contributed by atoms with Crippen molar-refractivity contribution in [2.75, 3.05) is 17.4 Å². The van der Waals surface area contributed by atoms with Crippen molar-refractivity contribution >= 4 is 41.1 Å². The van der Waals surface area contributed by atoms with Crippen molar-refractivity contribution in [1.82, 2.24) is 5.32 Å². The van der Waals surface area contributed by atoms with E-state index in [0.29, 0.717) is 12.3 Å². The largest absolute Gasteiger partial charge is 0.450 e. The van der Waals surface area contributed by atoms with Crippen LogP contribution in [0.1, 0.15) is 13.3 Å². The minimum atomic E-state index is -0.501. The van der Waals surface area contributed by atoms with Gasteiger partial charge in [-0.25, -0.2) is 4.79 Å². The highest BCUT2D eigenvalue weighted by Gasteiger charge is 2.37. The van der Waals surface area contributed by atoms with Gasteiger partial charge in [0.05, 0.1) is 23.6 Å². The predicted molar refractivity (Wildman–Crippen MR) is 100 cm³/mol.